The lowest BCUT2D eigenvalue weighted by Gasteiger charge is -1.88. The fourth-order valence-corrected chi connectivity index (χ4v) is 1.56. The van der Waals surface area contributed by atoms with Crippen LogP contribution in [0.4, 0.5) is 0 Å². The molecule has 0 bridgehead atoms. The second-order valence-corrected chi connectivity index (χ2v) is 4.07. The average molecular weight is 198 g/mol. The summed E-state index contributed by atoms with van der Waals surface area (Å²) in [6.45, 7) is 0. The van der Waals surface area contributed by atoms with Gasteiger partial charge in [0.1, 0.15) is 5.03 Å². The lowest BCUT2D eigenvalue weighted by molar-refractivity contribution is 0.595. The van der Waals surface area contributed by atoms with E-state index in [1.807, 2.05) is 0 Å². The number of aromatic nitrogens is 3. The number of sulfonamides is 1. The van der Waals surface area contributed by atoms with Gasteiger partial charge in [0.25, 0.3) is 10.0 Å². The van der Waals surface area contributed by atoms with Crippen LogP contribution in [0.2, 0.25) is 0 Å². The lowest BCUT2D eigenvalue weighted by atomic mass is 10.4. The third kappa shape index (κ3) is 1.38. The van der Waals surface area contributed by atoms with E-state index in [9.17, 15) is 8.42 Å². The number of rotatable bonds is 1. The molecule has 2 aromatic heterocycles. The van der Waals surface area contributed by atoms with Crippen molar-refractivity contribution >= 4 is 20.9 Å². The highest BCUT2D eigenvalue weighted by Gasteiger charge is 2.10. The molecule has 0 atom stereocenters. The SMILES string of the molecule is NS(=O)(=O)c1cc2cnncc2[nH]1. The van der Waals surface area contributed by atoms with E-state index in [2.05, 4.69) is 15.2 Å². The third-order valence-corrected chi connectivity index (χ3v) is 2.45. The van der Waals surface area contributed by atoms with E-state index in [1.54, 1.807) is 0 Å². The minimum atomic E-state index is -3.68. The molecule has 6 nitrogen and oxygen atoms in total. The van der Waals surface area contributed by atoms with Gasteiger partial charge in [-0.2, -0.15) is 10.2 Å². The molecule has 0 saturated carbocycles. The minimum Gasteiger partial charge on any atom is -0.343 e. The highest BCUT2D eigenvalue weighted by molar-refractivity contribution is 7.89. The predicted molar refractivity (Wildman–Crippen MR) is 45.3 cm³/mol. The van der Waals surface area contributed by atoms with Crippen LogP contribution in [0.25, 0.3) is 10.9 Å². The number of aromatic amines is 1. The Balaban J connectivity index is 2.77. The van der Waals surface area contributed by atoms with Crippen LogP contribution in [0.15, 0.2) is 23.5 Å². The number of fused-ring (bicyclic) bond motifs is 1. The summed E-state index contributed by atoms with van der Waals surface area (Å²) in [6.07, 6.45) is 2.89. The predicted octanol–water partition coefficient (Wildman–Crippen LogP) is -0.395. The molecule has 13 heavy (non-hydrogen) atoms. The van der Waals surface area contributed by atoms with Crippen LogP contribution in [-0.4, -0.2) is 23.6 Å². The Labute approximate surface area is 73.8 Å². The average Bonchev–Trinajstić information content (AvgIpc) is 2.45. The molecule has 0 spiro atoms. The molecular formula is C6H6N4O2S. The first-order valence-corrected chi connectivity index (χ1v) is 4.94. The van der Waals surface area contributed by atoms with Gasteiger partial charge in [-0.25, -0.2) is 13.6 Å². The van der Waals surface area contributed by atoms with Crippen molar-refractivity contribution in [3.05, 3.63) is 18.5 Å². The Kier molecular flexibility index (Phi) is 1.57. The molecule has 0 fully saturated rings. The fourth-order valence-electron chi connectivity index (χ4n) is 1.01. The molecule has 0 aliphatic carbocycles. The highest BCUT2D eigenvalue weighted by Crippen LogP contribution is 2.14. The van der Waals surface area contributed by atoms with Crippen molar-refractivity contribution in [1.82, 2.24) is 15.2 Å². The van der Waals surface area contributed by atoms with E-state index in [-0.39, 0.29) is 5.03 Å². The van der Waals surface area contributed by atoms with Gasteiger partial charge in [0, 0.05) is 5.39 Å². The first-order chi connectivity index (χ1) is 6.07. The Bertz CT molecular complexity index is 512. The van der Waals surface area contributed by atoms with Gasteiger partial charge in [-0.1, -0.05) is 0 Å². The van der Waals surface area contributed by atoms with Crippen LogP contribution in [0.5, 0.6) is 0 Å². The molecule has 2 aromatic rings. The maximum atomic E-state index is 10.9. The molecule has 0 unspecified atom stereocenters. The van der Waals surface area contributed by atoms with Crippen LogP contribution in [-0.2, 0) is 10.0 Å². The molecule has 2 heterocycles. The zero-order valence-electron chi connectivity index (χ0n) is 6.43. The van der Waals surface area contributed by atoms with E-state index in [4.69, 9.17) is 5.14 Å². The van der Waals surface area contributed by atoms with Crippen molar-refractivity contribution in [1.29, 1.82) is 0 Å². The molecule has 3 N–H and O–H groups in total. The number of primary sulfonamides is 1. The number of nitrogens with zero attached hydrogens (tertiary/aromatic N) is 2. The topological polar surface area (TPSA) is 102 Å². The first-order valence-electron chi connectivity index (χ1n) is 3.39. The summed E-state index contributed by atoms with van der Waals surface area (Å²) >= 11 is 0. The monoisotopic (exact) mass is 198 g/mol. The second kappa shape index (κ2) is 2.51. The van der Waals surface area contributed by atoms with Crippen molar-refractivity contribution in [3.63, 3.8) is 0 Å². The summed E-state index contributed by atoms with van der Waals surface area (Å²) in [5.74, 6) is 0. The Morgan fingerprint density at radius 1 is 1.31 bits per heavy atom. The number of hydrogen-bond donors (Lipinski definition) is 2. The van der Waals surface area contributed by atoms with Crippen molar-refractivity contribution < 1.29 is 8.42 Å². The zero-order valence-corrected chi connectivity index (χ0v) is 7.25. The van der Waals surface area contributed by atoms with E-state index in [0.717, 1.165) is 0 Å². The van der Waals surface area contributed by atoms with E-state index in [1.165, 1.54) is 18.5 Å². The summed E-state index contributed by atoms with van der Waals surface area (Å²) in [5, 5.41) is 12.8. The number of nitrogens with two attached hydrogens (primary N) is 1. The molecule has 0 aliphatic heterocycles. The molecule has 0 aromatic carbocycles. The summed E-state index contributed by atoms with van der Waals surface area (Å²) in [7, 11) is -3.68. The first kappa shape index (κ1) is 8.14. The van der Waals surface area contributed by atoms with Crippen LogP contribution in [0, 0.1) is 0 Å². The standard InChI is InChI=1S/C6H6N4O2S/c7-13(11,12)6-1-4-2-8-9-3-5(4)10-6/h1-3,10H,(H2,7,11,12). The van der Waals surface area contributed by atoms with Crippen LogP contribution in [0.3, 0.4) is 0 Å². The maximum absolute atomic E-state index is 10.9. The van der Waals surface area contributed by atoms with Crippen LogP contribution < -0.4 is 5.14 Å². The Morgan fingerprint density at radius 3 is 2.62 bits per heavy atom. The van der Waals surface area contributed by atoms with Crippen LogP contribution >= 0.6 is 0 Å². The van der Waals surface area contributed by atoms with Gasteiger partial charge in [-0.15, -0.1) is 0 Å². The fraction of sp³-hybridized carbons (Fsp3) is 0. The van der Waals surface area contributed by atoms with Crippen molar-refractivity contribution in [2.24, 2.45) is 5.14 Å². The number of hydrogen-bond acceptors (Lipinski definition) is 4. The zero-order chi connectivity index (χ0) is 9.47. The smallest absolute Gasteiger partial charge is 0.253 e. The minimum absolute atomic E-state index is 0.0303. The summed E-state index contributed by atoms with van der Waals surface area (Å²) in [5.41, 5.74) is 0.596. The van der Waals surface area contributed by atoms with Crippen LogP contribution in [0.1, 0.15) is 0 Å². The molecule has 0 radical (unpaired) electrons. The number of nitrogens with one attached hydrogen (secondary N) is 1. The Morgan fingerprint density at radius 2 is 2.00 bits per heavy atom. The molecular weight excluding hydrogens is 192 g/mol. The number of H-pyrrole nitrogens is 1. The largest absolute Gasteiger partial charge is 0.343 e. The van der Waals surface area contributed by atoms with Gasteiger partial charge in [0.2, 0.25) is 0 Å². The van der Waals surface area contributed by atoms with Gasteiger partial charge >= 0.3 is 0 Å². The van der Waals surface area contributed by atoms with E-state index < -0.39 is 10.0 Å². The second-order valence-electron chi connectivity index (χ2n) is 2.54. The Hall–Kier alpha value is -1.47. The molecule has 68 valence electrons. The van der Waals surface area contributed by atoms with Crippen molar-refractivity contribution in [3.8, 4) is 0 Å². The summed E-state index contributed by atoms with van der Waals surface area (Å²) in [6, 6.07) is 1.42. The quantitative estimate of drug-likeness (QED) is 0.651. The molecule has 2 rings (SSSR count). The van der Waals surface area contributed by atoms with Crippen molar-refractivity contribution in [2.45, 2.75) is 5.03 Å². The maximum Gasteiger partial charge on any atom is 0.253 e. The highest BCUT2D eigenvalue weighted by atomic mass is 32.2. The lowest BCUT2D eigenvalue weighted by Crippen LogP contribution is -2.12. The van der Waals surface area contributed by atoms with Gasteiger partial charge in [-0.05, 0) is 6.07 Å². The normalized spacial score (nSPS) is 12.1. The molecule has 0 saturated heterocycles. The van der Waals surface area contributed by atoms with Gasteiger partial charge < -0.3 is 4.98 Å². The van der Waals surface area contributed by atoms with Gasteiger partial charge in [-0.3, -0.25) is 0 Å². The molecule has 7 heteroatoms. The van der Waals surface area contributed by atoms with Gasteiger partial charge in [0.05, 0.1) is 17.9 Å². The van der Waals surface area contributed by atoms with Gasteiger partial charge in [0.15, 0.2) is 0 Å². The molecule has 0 amide bonds. The summed E-state index contributed by atoms with van der Waals surface area (Å²) < 4.78 is 21.8. The molecule has 0 aliphatic rings. The third-order valence-electron chi connectivity index (χ3n) is 1.61. The van der Waals surface area contributed by atoms with E-state index in [0.29, 0.717) is 10.9 Å². The van der Waals surface area contributed by atoms with Crippen molar-refractivity contribution in [2.75, 3.05) is 0 Å². The van der Waals surface area contributed by atoms with E-state index >= 15 is 0 Å². The summed E-state index contributed by atoms with van der Waals surface area (Å²) in [4.78, 5) is 2.62.